The maximum atomic E-state index is 13.5. The number of benzene rings is 1. The molecule has 0 radical (unpaired) electrons. The van der Waals surface area contributed by atoms with Crippen molar-refractivity contribution in [2.75, 3.05) is 34.4 Å². The molecule has 0 bridgehead atoms. The molecule has 1 aliphatic heterocycles. The van der Waals surface area contributed by atoms with Gasteiger partial charge in [-0.2, -0.15) is 9.40 Å². The number of H-pyrrole nitrogens is 1. The summed E-state index contributed by atoms with van der Waals surface area (Å²) in [5.74, 6) is 0.377. The topological polar surface area (TPSA) is 124 Å². The van der Waals surface area contributed by atoms with E-state index in [1.165, 1.54) is 50.2 Å². The third-order valence-electron chi connectivity index (χ3n) is 4.90. The van der Waals surface area contributed by atoms with Crippen LogP contribution in [0.4, 0.5) is 0 Å². The van der Waals surface area contributed by atoms with Crippen molar-refractivity contribution in [3.05, 3.63) is 35.9 Å². The Kier molecular flexibility index (Phi) is 6.73. The van der Waals surface area contributed by atoms with Crippen molar-refractivity contribution in [2.45, 2.75) is 23.7 Å². The molecule has 0 spiro atoms. The highest BCUT2D eigenvalue weighted by Gasteiger charge is 2.35. The van der Waals surface area contributed by atoms with E-state index in [4.69, 9.17) is 9.47 Å². The first kappa shape index (κ1) is 21.8. The molecule has 1 saturated heterocycles. The van der Waals surface area contributed by atoms with Crippen LogP contribution < -0.4 is 9.47 Å². The molecule has 1 fully saturated rings. The van der Waals surface area contributed by atoms with Crippen molar-refractivity contribution in [1.82, 2.24) is 19.5 Å². The number of rotatable bonds is 7. The fourth-order valence-corrected chi connectivity index (χ4v) is 5.13. The van der Waals surface area contributed by atoms with Crippen molar-refractivity contribution in [1.29, 1.82) is 0 Å². The Morgan fingerprint density at radius 2 is 2.07 bits per heavy atom. The molecule has 1 aliphatic rings. The minimum Gasteiger partial charge on any atom is -0.493 e. The first-order valence-electron chi connectivity index (χ1n) is 9.28. The van der Waals surface area contributed by atoms with Gasteiger partial charge in [0.05, 0.1) is 21.3 Å². The molecule has 2 heterocycles. The van der Waals surface area contributed by atoms with E-state index in [0.717, 1.165) is 6.42 Å². The lowest BCUT2D eigenvalue weighted by molar-refractivity contribution is -0.134. The van der Waals surface area contributed by atoms with Crippen LogP contribution in [0.15, 0.2) is 29.4 Å². The third kappa shape index (κ3) is 4.46. The summed E-state index contributed by atoms with van der Waals surface area (Å²) in [4.78, 5) is 15.6. The van der Waals surface area contributed by atoms with Gasteiger partial charge in [0, 0.05) is 25.1 Å². The molecule has 1 N–H and O–H groups in total. The van der Waals surface area contributed by atoms with E-state index in [1.54, 1.807) is 6.07 Å². The number of carbonyl (C=O) groups excluding carboxylic acids is 1. The van der Waals surface area contributed by atoms with Gasteiger partial charge in [-0.25, -0.2) is 18.2 Å². The van der Waals surface area contributed by atoms with E-state index >= 15 is 0 Å². The number of hydrogen-bond donors (Lipinski definition) is 1. The van der Waals surface area contributed by atoms with E-state index < -0.39 is 16.0 Å². The monoisotopic (exact) mass is 436 g/mol. The van der Waals surface area contributed by atoms with Crippen molar-refractivity contribution < 1.29 is 27.4 Å². The molecule has 1 atom stereocenters. The lowest BCUT2D eigenvalue weighted by Gasteiger charge is -2.31. The third-order valence-corrected chi connectivity index (χ3v) is 6.77. The van der Waals surface area contributed by atoms with Crippen LogP contribution in [0.25, 0.3) is 6.08 Å². The van der Waals surface area contributed by atoms with Gasteiger partial charge in [0.2, 0.25) is 10.0 Å². The lowest BCUT2D eigenvalue weighted by Crippen LogP contribution is -2.39. The lowest BCUT2D eigenvalue weighted by atomic mass is 9.99. The normalized spacial score (nSPS) is 17.8. The number of hydrogen-bond acceptors (Lipinski definition) is 8. The number of ether oxygens (including phenoxy) is 3. The molecular weight excluding hydrogens is 412 g/mol. The van der Waals surface area contributed by atoms with Gasteiger partial charge in [0.15, 0.2) is 11.5 Å². The second-order valence-corrected chi connectivity index (χ2v) is 8.59. The van der Waals surface area contributed by atoms with E-state index in [9.17, 15) is 13.2 Å². The molecule has 0 aliphatic carbocycles. The number of nitrogens with zero attached hydrogens (tertiary/aromatic N) is 3. The van der Waals surface area contributed by atoms with Crippen LogP contribution in [0.5, 0.6) is 11.5 Å². The number of piperidine rings is 1. The van der Waals surface area contributed by atoms with Gasteiger partial charge < -0.3 is 14.2 Å². The summed E-state index contributed by atoms with van der Waals surface area (Å²) < 4.78 is 43.8. The molecule has 162 valence electrons. The maximum Gasteiger partial charge on any atom is 0.330 e. The fourth-order valence-electron chi connectivity index (χ4n) is 3.40. The zero-order chi connectivity index (χ0) is 21.7. The van der Waals surface area contributed by atoms with Gasteiger partial charge in [-0.15, -0.1) is 0 Å². The van der Waals surface area contributed by atoms with Crippen LogP contribution in [0.3, 0.4) is 0 Å². The zero-order valence-electron chi connectivity index (χ0n) is 17.0. The van der Waals surface area contributed by atoms with Gasteiger partial charge in [0.1, 0.15) is 17.0 Å². The number of methoxy groups -OCH3 is 3. The van der Waals surface area contributed by atoms with Crippen molar-refractivity contribution >= 4 is 22.1 Å². The fraction of sp³-hybridized carbons (Fsp3) is 0.421. The Balaban J connectivity index is 2.00. The maximum absolute atomic E-state index is 13.5. The molecule has 0 saturated carbocycles. The predicted molar refractivity (Wildman–Crippen MR) is 108 cm³/mol. The van der Waals surface area contributed by atoms with Crippen molar-refractivity contribution in [3.8, 4) is 11.5 Å². The van der Waals surface area contributed by atoms with Crippen LogP contribution in [-0.2, 0) is 19.6 Å². The quantitative estimate of drug-likeness (QED) is 0.512. The Morgan fingerprint density at radius 1 is 1.27 bits per heavy atom. The highest BCUT2D eigenvalue weighted by Crippen LogP contribution is 2.39. The smallest absolute Gasteiger partial charge is 0.330 e. The van der Waals surface area contributed by atoms with E-state index in [-0.39, 0.29) is 28.9 Å². The zero-order valence-corrected chi connectivity index (χ0v) is 17.8. The standard InChI is InChI=1S/C19H24N4O6S/c1-27-15-9-13(6-7-17(24)28-2)10-16(18(15)29-3)30(25,26)23-8-4-5-14(11-23)19-20-12-21-22-19/h6-7,9-10,12,14H,4-5,8,11H2,1-3H3,(H,20,21,22). The predicted octanol–water partition coefficient (Wildman–Crippen LogP) is 1.58. The SMILES string of the molecule is COC(=O)C=Cc1cc(OC)c(OC)c(S(=O)(=O)N2CCCC(c3ncn[nH]3)C2)c1. The molecule has 30 heavy (non-hydrogen) atoms. The average molecular weight is 436 g/mol. The van der Waals surface area contributed by atoms with Crippen LogP contribution in [0.1, 0.15) is 30.1 Å². The number of esters is 1. The van der Waals surface area contributed by atoms with Gasteiger partial charge in [-0.3, -0.25) is 5.10 Å². The summed E-state index contributed by atoms with van der Waals surface area (Å²) in [6.45, 7) is 0.645. The number of carbonyl (C=O) groups is 1. The Bertz CT molecular complexity index is 1020. The molecule has 1 unspecified atom stereocenters. The van der Waals surface area contributed by atoms with Gasteiger partial charge >= 0.3 is 5.97 Å². The molecule has 3 rings (SSSR count). The van der Waals surface area contributed by atoms with Crippen LogP contribution in [-0.4, -0.2) is 68.3 Å². The van der Waals surface area contributed by atoms with Gasteiger partial charge in [0.25, 0.3) is 0 Å². The average Bonchev–Trinajstić information content (AvgIpc) is 3.31. The molecule has 10 nitrogen and oxygen atoms in total. The minimum absolute atomic E-state index is 0.0351. The Hall–Kier alpha value is -2.92. The largest absolute Gasteiger partial charge is 0.493 e. The van der Waals surface area contributed by atoms with E-state index in [0.29, 0.717) is 24.4 Å². The molecular formula is C19H24N4O6S. The Labute approximate surface area is 174 Å². The number of aromatic nitrogens is 3. The highest BCUT2D eigenvalue weighted by atomic mass is 32.2. The first-order valence-corrected chi connectivity index (χ1v) is 10.7. The van der Waals surface area contributed by atoms with Crippen LogP contribution in [0.2, 0.25) is 0 Å². The number of nitrogens with one attached hydrogen (secondary N) is 1. The molecule has 11 heteroatoms. The Morgan fingerprint density at radius 3 is 2.70 bits per heavy atom. The van der Waals surface area contributed by atoms with E-state index in [2.05, 4.69) is 19.9 Å². The second-order valence-electron chi connectivity index (χ2n) is 6.68. The van der Waals surface area contributed by atoms with E-state index in [1.807, 2.05) is 0 Å². The summed E-state index contributed by atoms with van der Waals surface area (Å²) in [5, 5.41) is 6.68. The number of aromatic amines is 1. The molecule has 0 amide bonds. The number of sulfonamides is 1. The van der Waals surface area contributed by atoms with Crippen molar-refractivity contribution in [3.63, 3.8) is 0 Å². The molecule has 1 aromatic heterocycles. The second kappa shape index (κ2) is 9.26. The summed E-state index contributed by atoms with van der Waals surface area (Å²) in [5.41, 5.74) is 0.459. The van der Waals surface area contributed by atoms with Crippen LogP contribution in [0, 0.1) is 0 Å². The molecule has 2 aromatic rings. The summed E-state index contributed by atoms with van der Waals surface area (Å²) >= 11 is 0. The van der Waals surface area contributed by atoms with Gasteiger partial charge in [-0.05, 0) is 36.6 Å². The molecule has 1 aromatic carbocycles. The summed E-state index contributed by atoms with van der Waals surface area (Å²) in [6, 6.07) is 3.04. The minimum atomic E-state index is -3.91. The van der Waals surface area contributed by atoms with Gasteiger partial charge in [-0.1, -0.05) is 0 Å². The summed E-state index contributed by atoms with van der Waals surface area (Å²) in [7, 11) is 0.153. The first-order chi connectivity index (χ1) is 14.4. The van der Waals surface area contributed by atoms with Crippen molar-refractivity contribution in [2.24, 2.45) is 0 Å². The van der Waals surface area contributed by atoms with Crippen LogP contribution >= 0.6 is 0 Å². The highest BCUT2D eigenvalue weighted by molar-refractivity contribution is 7.89. The summed E-state index contributed by atoms with van der Waals surface area (Å²) in [6.07, 6.45) is 5.57.